The molecule has 4 heteroatoms. The van der Waals surface area contributed by atoms with Crippen molar-refractivity contribution < 1.29 is 19.0 Å². The van der Waals surface area contributed by atoms with Crippen molar-refractivity contribution in [3.63, 3.8) is 0 Å². The smallest absolute Gasteiger partial charge is 0.302 e. The van der Waals surface area contributed by atoms with Gasteiger partial charge in [-0.05, 0) is 12.8 Å². The van der Waals surface area contributed by atoms with Crippen LogP contribution in [0.25, 0.3) is 0 Å². The molecule has 0 spiro atoms. The Balaban J connectivity index is 3.99. The molecule has 0 unspecified atom stereocenters. The van der Waals surface area contributed by atoms with Crippen LogP contribution in [0.2, 0.25) is 0 Å². The molecule has 0 bridgehead atoms. The van der Waals surface area contributed by atoms with Crippen LogP contribution in [0.3, 0.4) is 0 Å². The number of esters is 1. The number of hydrogen-bond acceptors (Lipinski definition) is 4. The summed E-state index contributed by atoms with van der Waals surface area (Å²) >= 11 is 0. The highest BCUT2D eigenvalue weighted by Crippen LogP contribution is 2.15. The summed E-state index contributed by atoms with van der Waals surface area (Å²) in [5.74, 6) is -0.239. The summed E-state index contributed by atoms with van der Waals surface area (Å²) in [7, 11) is 3.19. The van der Waals surface area contributed by atoms with Crippen LogP contribution in [0.4, 0.5) is 0 Å². The van der Waals surface area contributed by atoms with E-state index in [2.05, 4.69) is 6.92 Å². The number of carbonyl (C=O) groups is 1. The van der Waals surface area contributed by atoms with Gasteiger partial charge in [-0.1, -0.05) is 26.2 Å². The Hall–Kier alpha value is -0.610. The molecule has 0 aromatic rings. The normalized spacial score (nSPS) is 12.8. The Morgan fingerprint density at radius 2 is 1.76 bits per heavy atom. The second kappa shape index (κ2) is 10.5. The van der Waals surface area contributed by atoms with Crippen molar-refractivity contribution in [3.05, 3.63) is 0 Å². The SMILES string of the molecule is CCCCCC[C@H](CC(OC)OC)OC(C)=O. The molecule has 0 amide bonds. The third kappa shape index (κ3) is 9.12. The molecule has 4 nitrogen and oxygen atoms in total. The maximum absolute atomic E-state index is 11.0. The average Bonchev–Trinajstić information content (AvgIpc) is 2.30. The monoisotopic (exact) mass is 246 g/mol. The molecule has 1 atom stereocenters. The summed E-state index contributed by atoms with van der Waals surface area (Å²) in [6.07, 6.45) is 5.76. The molecular formula is C13H26O4. The first-order valence-corrected chi connectivity index (χ1v) is 6.36. The molecule has 102 valence electrons. The van der Waals surface area contributed by atoms with Crippen LogP contribution in [0.15, 0.2) is 0 Å². The summed E-state index contributed by atoms with van der Waals surface area (Å²) in [5, 5.41) is 0. The molecule has 0 saturated heterocycles. The summed E-state index contributed by atoms with van der Waals surface area (Å²) in [5.41, 5.74) is 0. The number of ether oxygens (including phenoxy) is 3. The number of methoxy groups -OCH3 is 2. The summed E-state index contributed by atoms with van der Waals surface area (Å²) < 4.78 is 15.5. The van der Waals surface area contributed by atoms with E-state index >= 15 is 0 Å². The van der Waals surface area contributed by atoms with Crippen LogP contribution < -0.4 is 0 Å². The van der Waals surface area contributed by atoms with Crippen molar-refractivity contribution in [2.24, 2.45) is 0 Å². The Morgan fingerprint density at radius 3 is 2.24 bits per heavy atom. The summed E-state index contributed by atoms with van der Waals surface area (Å²) in [6, 6.07) is 0. The van der Waals surface area contributed by atoms with E-state index in [1.54, 1.807) is 14.2 Å². The Kier molecular flexibility index (Phi) is 10.2. The number of carbonyl (C=O) groups excluding carboxylic acids is 1. The van der Waals surface area contributed by atoms with Crippen LogP contribution in [0.1, 0.15) is 52.4 Å². The first-order chi connectivity index (χ1) is 8.13. The van der Waals surface area contributed by atoms with Gasteiger partial charge >= 0.3 is 5.97 Å². The largest absolute Gasteiger partial charge is 0.462 e. The first-order valence-electron chi connectivity index (χ1n) is 6.36. The van der Waals surface area contributed by atoms with Gasteiger partial charge in [-0.25, -0.2) is 0 Å². The number of unbranched alkanes of at least 4 members (excludes halogenated alkanes) is 3. The Bertz CT molecular complexity index is 190. The maximum Gasteiger partial charge on any atom is 0.302 e. The van der Waals surface area contributed by atoms with Crippen LogP contribution in [0, 0.1) is 0 Å². The van der Waals surface area contributed by atoms with Crippen LogP contribution >= 0.6 is 0 Å². The quantitative estimate of drug-likeness (QED) is 0.338. The van der Waals surface area contributed by atoms with Crippen LogP contribution in [0.5, 0.6) is 0 Å². The zero-order valence-electron chi connectivity index (χ0n) is 11.5. The van der Waals surface area contributed by atoms with Gasteiger partial charge < -0.3 is 14.2 Å². The molecular weight excluding hydrogens is 220 g/mol. The molecule has 0 saturated carbocycles. The predicted molar refractivity (Wildman–Crippen MR) is 66.7 cm³/mol. The average molecular weight is 246 g/mol. The molecule has 0 aromatic carbocycles. The molecule has 0 N–H and O–H groups in total. The summed E-state index contributed by atoms with van der Waals surface area (Å²) in [4.78, 5) is 11.0. The lowest BCUT2D eigenvalue weighted by Crippen LogP contribution is -2.25. The van der Waals surface area contributed by atoms with E-state index < -0.39 is 0 Å². The number of hydrogen-bond donors (Lipinski definition) is 0. The van der Waals surface area contributed by atoms with Gasteiger partial charge in [-0.2, -0.15) is 0 Å². The van der Waals surface area contributed by atoms with Crippen LogP contribution in [-0.4, -0.2) is 32.6 Å². The highest BCUT2D eigenvalue weighted by Gasteiger charge is 2.18. The van der Waals surface area contributed by atoms with E-state index in [1.165, 1.54) is 26.2 Å². The van der Waals surface area contributed by atoms with Crippen molar-refractivity contribution in [1.29, 1.82) is 0 Å². The molecule has 0 aliphatic carbocycles. The molecule has 0 fully saturated rings. The first kappa shape index (κ1) is 16.4. The minimum atomic E-state index is -0.300. The zero-order chi connectivity index (χ0) is 13.1. The van der Waals surface area contributed by atoms with E-state index in [4.69, 9.17) is 14.2 Å². The van der Waals surface area contributed by atoms with E-state index in [0.29, 0.717) is 6.42 Å². The van der Waals surface area contributed by atoms with Crippen molar-refractivity contribution in [2.45, 2.75) is 64.8 Å². The van der Waals surface area contributed by atoms with Gasteiger partial charge in [0.05, 0.1) is 0 Å². The van der Waals surface area contributed by atoms with Gasteiger partial charge in [-0.15, -0.1) is 0 Å². The second-order valence-corrected chi connectivity index (χ2v) is 4.22. The lowest BCUT2D eigenvalue weighted by Gasteiger charge is -2.21. The van der Waals surface area contributed by atoms with Crippen molar-refractivity contribution in [3.8, 4) is 0 Å². The predicted octanol–water partition coefficient (Wildman–Crippen LogP) is 2.90. The maximum atomic E-state index is 11.0. The lowest BCUT2D eigenvalue weighted by molar-refractivity contribution is -0.157. The highest BCUT2D eigenvalue weighted by molar-refractivity contribution is 5.66. The Morgan fingerprint density at radius 1 is 1.12 bits per heavy atom. The van der Waals surface area contributed by atoms with Crippen molar-refractivity contribution in [2.75, 3.05) is 14.2 Å². The molecule has 0 rings (SSSR count). The Labute approximate surface area is 105 Å². The molecule has 0 heterocycles. The van der Waals surface area contributed by atoms with E-state index in [9.17, 15) is 4.79 Å². The van der Waals surface area contributed by atoms with Gasteiger partial charge in [0.1, 0.15) is 6.10 Å². The van der Waals surface area contributed by atoms with Gasteiger partial charge in [0, 0.05) is 27.6 Å². The van der Waals surface area contributed by atoms with Gasteiger partial charge in [-0.3, -0.25) is 4.79 Å². The van der Waals surface area contributed by atoms with Gasteiger partial charge in [0.25, 0.3) is 0 Å². The van der Waals surface area contributed by atoms with Gasteiger partial charge in [0.15, 0.2) is 6.29 Å². The number of rotatable bonds is 10. The fourth-order valence-corrected chi connectivity index (χ4v) is 1.76. The lowest BCUT2D eigenvalue weighted by atomic mass is 10.1. The third-order valence-corrected chi connectivity index (χ3v) is 2.69. The summed E-state index contributed by atoms with van der Waals surface area (Å²) in [6.45, 7) is 3.61. The minimum Gasteiger partial charge on any atom is -0.462 e. The fourth-order valence-electron chi connectivity index (χ4n) is 1.76. The molecule has 0 aromatic heterocycles. The highest BCUT2D eigenvalue weighted by atomic mass is 16.7. The van der Waals surface area contributed by atoms with E-state index in [0.717, 1.165) is 12.8 Å². The standard InChI is InChI=1S/C13H26O4/c1-5-6-7-8-9-12(17-11(2)14)10-13(15-3)16-4/h12-13H,5-10H2,1-4H3/t12-/m1/s1. The topological polar surface area (TPSA) is 44.8 Å². The van der Waals surface area contributed by atoms with Gasteiger partial charge in [0.2, 0.25) is 0 Å². The van der Waals surface area contributed by atoms with Crippen molar-refractivity contribution in [1.82, 2.24) is 0 Å². The second-order valence-electron chi connectivity index (χ2n) is 4.22. The van der Waals surface area contributed by atoms with Crippen molar-refractivity contribution >= 4 is 5.97 Å². The molecule has 0 aliphatic rings. The molecule has 0 aliphatic heterocycles. The fraction of sp³-hybridized carbons (Fsp3) is 0.923. The minimum absolute atomic E-state index is 0.103. The van der Waals surface area contributed by atoms with E-state index in [1.807, 2.05) is 0 Å². The zero-order valence-corrected chi connectivity index (χ0v) is 11.5. The molecule has 17 heavy (non-hydrogen) atoms. The molecule has 0 radical (unpaired) electrons. The third-order valence-electron chi connectivity index (χ3n) is 2.69. The van der Waals surface area contributed by atoms with E-state index in [-0.39, 0.29) is 18.4 Å². The van der Waals surface area contributed by atoms with Crippen LogP contribution in [-0.2, 0) is 19.0 Å².